The summed E-state index contributed by atoms with van der Waals surface area (Å²) in [7, 11) is 0. The first-order valence-electron chi connectivity index (χ1n) is 1.64. The van der Waals surface area contributed by atoms with Crippen LogP contribution in [0, 0.1) is 82.8 Å². The van der Waals surface area contributed by atoms with E-state index in [0.29, 0.717) is 0 Å². The van der Waals surface area contributed by atoms with Gasteiger partial charge in [0.2, 0.25) is 0 Å². The average molecular weight is 449 g/mol. The molecule has 0 fully saturated rings. The molecule has 0 saturated carbocycles. The molecule has 18 heteroatoms. The first kappa shape index (κ1) is 69.8. The van der Waals surface area contributed by atoms with Crippen LogP contribution in [0.1, 0.15) is 0 Å². The maximum absolute atomic E-state index is 8.25. The summed E-state index contributed by atoms with van der Waals surface area (Å²) in [6.07, 6.45) is 0. The van der Waals surface area contributed by atoms with Gasteiger partial charge in [-0.3, -0.25) is 0 Å². The summed E-state index contributed by atoms with van der Waals surface area (Å²) in [5.41, 5.74) is 0. The number of rotatable bonds is 0. The molecule has 0 aliphatic carbocycles. The molecule has 0 saturated heterocycles. The van der Waals surface area contributed by atoms with E-state index in [-0.39, 0.29) is 64.3 Å². The second-order valence-electron chi connectivity index (χ2n) is 0.671. The monoisotopic (exact) mass is 449 g/mol. The van der Waals surface area contributed by atoms with Crippen molar-refractivity contribution < 1.29 is 79.5 Å². The van der Waals surface area contributed by atoms with Crippen LogP contribution in [0.15, 0.2) is 0 Å². The third kappa shape index (κ3) is 1460. The van der Waals surface area contributed by atoms with Crippen molar-refractivity contribution >= 4 is 0 Å². The Labute approximate surface area is 125 Å². The van der Waals surface area contributed by atoms with Crippen molar-refractivity contribution in [2.24, 2.45) is 0 Å². The standard InChI is InChI=1S/3NO3.5H2O.Tm/c3*2-1(3)4;;;;;;/h;;;5*1H2;/q3*-1;;;;;;+3/p+4. The van der Waals surface area contributed by atoms with Crippen molar-refractivity contribution in [3.63, 3.8) is 0 Å². The third-order valence-corrected chi connectivity index (χ3v) is 0. The van der Waals surface area contributed by atoms with E-state index in [1.807, 2.05) is 0 Å². The van der Waals surface area contributed by atoms with Crippen molar-refractivity contribution in [3.8, 4) is 0 Å². The van der Waals surface area contributed by atoms with Gasteiger partial charge in [-0.2, -0.15) is 0 Å². The quantitative estimate of drug-likeness (QED) is 0.193. The Hall–Kier alpha value is -1.37. The van der Waals surface area contributed by atoms with Crippen LogP contribution in [0.4, 0.5) is 0 Å². The van der Waals surface area contributed by atoms with E-state index in [9.17, 15) is 0 Å². The van der Waals surface area contributed by atoms with E-state index in [4.69, 9.17) is 46.0 Å². The number of hydrogen-bond donors (Lipinski definition) is 0. The van der Waals surface area contributed by atoms with Gasteiger partial charge in [-0.05, 0) is 0 Å². The molecular weight excluding hydrogens is 435 g/mol. The van der Waals surface area contributed by atoms with Crippen molar-refractivity contribution in [2.45, 2.75) is 0 Å². The number of nitrogens with zero attached hydrogens (tertiary/aromatic N) is 3. The molecule has 0 aromatic rings. The Morgan fingerprint density at radius 1 is 0.500 bits per heavy atom. The minimum absolute atomic E-state index is 0. The Morgan fingerprint density at radius 3 is 0.500 bits per heavy atom. The first-order chi connectivity index (χ1) is 5.20. The van der Waals surface area contributed by atoms with E-state index >= 15 is 0 Å². The Kier molecular flexibility index (Phi) is 223. The maximum Gasteiger partial charge on any atom is 3.00 e. The Morgan fingerprint density at radius 2 is 0.500 bits per heavy atom. The van der Waals surface area contributed by atoms with Crippen LogP contribution in [0.2, 0.25) is 0 Å². The van der Waals surface area contributed by atoms with Crippen LogP contribution in [-0.2, 0) is 21.9 Å². The molecule has 0 aliphatic heterocycles. The van der Waals surface area contributed by atoms with Gasteiger partial charge in [-0.25, -0.2) is 0 Å². The first-order valence-corrected chi connectivity index (χ1v) is 1.64. The molecule has 0 rings (SSSR count). The molecule has 17 nitrogen and oxygen atoms in total. The summed E-state index contributed by atoms with van der Waals surface area (Å²) >= 11 is 0. The molecule has 122 valence electrons. The van der Waals surface area contributed by atoms with Gasteiger partial charge in [0, 0.05) is 0 Å². The fourth-order valence-electron chi connectivity index (χ4n) is 0. The zero-order chi connectivity index (χ0) is 10.7. The maximum atomic E-state index is 8.25. The zero-order valence-corrected chi connectivity index (χ0v) is 9.88. The Balaban J connectivity index is -0.00000000827. The van der Waals surface area contributed by atoms with Crippen molar-refractivity contribution in [3.05, 3.63) is 46.0 Å². The SMILES string of the molecule is O.O=[N+]([O-])[O-].O=[N+]([O-])[O-].O=[N+]([O-])[O-].[OH3+].[OH3+].[OH3+].[OH3+].[Tm+3]. The largest absolute Gasteiger partial charge is 3.00 e. The van der Waals surface area contributed by atoms with Gasteiger partial charge in [0.1, 0.15) is 0 Å². The molecule has 0 aromatic carbocycles. The second-order valence-corrected chi connectivity index (χ2v) is 0.671. The van der Waals surface area contributed by atoms with Gasteiger partial charge in [-0.1, -0.05) is 0 Å². The topological polar surface area (TPSA) is 362 Å². The van der Waals surface area contributed by atoms with Crippen LogP contribution < -0.4 is 0 Å². The number of hydrogen-bond acceptors (Lipinski definition) is 9. The molecule has 0 atom stereocenters. The normalized spacial score (nSPS) is 4.00. The fraction of sp³-hybridized carbons (Fsp3) is 0. The summed E-state index contributed by atoms with van der Waals surface area (Å²) in [4.78, 5) is 24.8. The molecule has 14 N–H and O–H groups in total. The average Bonchev–Trinajstić information content (AvgIpc) is 1.54. The molecule has 0 amide bonds. The van der Waals surface area contributed by atoms with Crippen LogP contribution >= 0.6 is 0 Å². The minimum Gasteiger partial charge on any atom is -0.457 e. The summed E-state index contributed by atoms with van der Waals surface area (Å²) in [6, 6.07) is 0. The minimum atomic E-state index is -1.75. The smallest absolute Gasteiger partial charge is 0.457 e. The van der Waals surface area contributed by atoms with Crippen LogP contribution in [-0.4, -0.2) is 20.7 Å². The summed E-state index contributed by atoms with van der Waals surface area (Å²) in [5.74, 6) is 0. The van der Waals surface area contributed by atoms with Crippen molar-refractivity contribution in [2.75, 3.05) is 0 Å². The van der Waals surface area contributed by atoms with E-state index < -0.39 is 15.3 Å². The fourth-order valence-corrected chi connectivity index (χ4v) is 0. The molecule has 0 unspecified atom stereocenters. The molecule has 0 heterocycles. The van der Waals surface area contributed by atoms with Gasteiger partial charge in [-0.15, -0.1) is 0 Å². The zero-order valence-electron chi connectivity index (χ0n) is 8.10. The van der Waals surface area contributed by atoms with Gasteiger partial charge in [0.15, 0.2) is 0 Å². The van der Waals surface area contributed by atoms with Crippen molar-refractivity contribution in [1.29, 1.82) is 0 Å². The van der Waals surface area contributed by atoms with Gasteiger partial charge < -0.3 is 73.3 Å². The van der Waals surface area contributed by atoms with Crippen molar-refractivity contribution in [1.82, 2.24) is 0 Å². The summed E-state index contributed by atoms with van der Waals surface area (Å²) < 4.78 is 0. The van der Waals surface area contributed by atoms with E-state index in [1.54, 1.807) is 0 Å². The molecule has 0 spiro atoms. The molecule has 0 radical (unpaired) electrons. The molecule has 0 aromatic heterocycles. The van der Waals surface area contributed by atoms with E-state index in [0.717, 1.165) is 0 Å². The predicted octanol–water partition coefficient (Wildman–Crippen LogP) is -5.23. The van der Waals surface area contributed by atoms with Crippen LogP contribution in [0.5, 0.6) is 0 Å². The summed E-state index contributed by atoms with van der Waals surface area (Å²) in [5, 5.41) is 44.2. The predicted molar refractivity (Wildman–Crippen MR) is 54.2 cm³/mol. The molecular formula is H14N3O14Tm+4. The molecule has 0 aliphatic rings. The van der Waals surface area contributed by atoms with E-state index in [2.05, 4.69) is 0 Å². The third-order valence-electron chi connectivity index (χ3n) is 0. The summed E-state index contributed by atoms with van der Waals surface area (Å²) in [6.45, 7) is 0. The van der Waals surface area contributed by atoms with E-state index in [1.165, 1.54) is 0 Å². The van der Waals surface area contributed by atoms with Crippen LogP contribution in [0.25, 0.3) is 0 Å². The van der Waals surface area contributed by atoms with Gasteiger partial charge in [0.05, 0.1) is 15.3 Å². The van der Waals surface area contributed by atoms with Gasteiger partial charge >= 0.3 is 36.9 Å². The molecule has 18 heavy (non-hydrogen) atoms. The second kappa shape index (κ2) is 57.5. The van der Waals surface area contributed by atoms with Crippen LogP contribution in [0.3, 0.4) is 0 Å². The molecule has 0 bridgehead atoms. The Bertz CT molecular complexity index is 115. The van der Waals surface area contributed by atoms with Gasteiger partial charge in [0.25, 0.3) is 0 Å².